The minimum Gasteiger partial charge on any atom is -0.495 e. The molecule has 0 bridgehead atoms. The number of carbonyl (C=O) groups is 2. The summed E-state index contributed by atoms with van der Waals surface area (Å²) in [7, 11) is 1.37. The number of amides is 1. The number of nitrogen functional groups attached to an aromatic ring is 1. The van der Waals surface area contributed by atoms with Crippen LogP contribution in [0.15, 0.2) is 28.7 Å². The molecule has 0 saturated heterocycles. The summed E-state index contributed by atoms with van der Waals surface area (Å²) in [6, 6.07) is 4.85. The van der Waals surface area contributed by atoms with Gasteiger partial charge in [0.05, 0.1) is 22.2 Å². The van der Waals surface area contributed by atoms with Crippen molar-refractivity contribution in [2.75, 3.05) is 12.8 Å². The zero-order valence-corrected chi connectivity index (χ0v) is 15.3. The highest BCUT2D eigenvalue weighted by Gasteiger charge is 2.24. The normalized spacial score (nSPS) is 10.4. The van der Waals surface area contributed by atoms with Crippen LogP contribution in [0.4, 0.5) is 14.9 Å². The minimum absolute atomic E-state index is 0.0442. The quantitative estimate of drug-likeness (QED) is 0.555. The van der Waals surface area contributed by atoms with Gasteiger partial charge in [-0.1, -0.05) is 11.6 Å². The maximum Gasteiger partial charge on any atom is 0.404 e. The zero-order chi connectivity index (χ0) is 18.7. The maximum absolute atomic E-state index is 13.5. The Morgan fingerprint density at radius 3 is 2.60 bits per heavy atom. The van der Waals surface area contributed by atoms with E-state index >= 15 is 0 Å². The van der Waals surface area contributed by atoms with E-state index in [0.717, 1.165) is 12.1 Å². The molecule has 0 saturated carbocycles. The molecular formula is C16H13BrClFN2O4. The SMILES string of the molecule is COc1c(COC(N)=O)cc(N)c(C(=O)c2cc(F)ccc2Cl)c1Br. The Bertz CT molecular complexity index is 861. The average molecular weight is 432 g/mol. The van der Waals surface area contributed by atoms with Crippen molar-refractivity contribution < 1.29 is 23.5 Å². The van der Waals surface area contributed by atoms with Crippen LogP contribution >= 0.6 is 27.5 Å². The van der Waals surface area contributed by atoms with Crippen LogP contribution in [0, 0.1) is 5.82 Å². The van der Waals surface area contributed by atoms with Gasteiger partial charge in [-0.3, -0.25) is 4.79 Å². The number of hydrogen-bond acceptors (Lipinski definition) is 5. The van der Waals surface area contributed by atoms with Crippen molar-refractivity contribution in [1.82, 2.24) is 0 Å². The fourth-order valence-electron chi connectivity index (χ4n) is 2.22. The molecule has 0 aromatic heterocycles. The molecule has 132 valence electrons. The van der Waals surface area contributed by atoms with E-state index in [1.165, 1.54) is 19.2 Å². The largest absolute Gasteiger partial charge is 0.495 e. The molecule has 0 unspecified atom stereocenters. The van der Waals surface area contributed by atoms with E-state index < -0.39 is 17.7 Å². The fraction of sp³-hybridized carbons (Fsp3) is 0.125. The highest BCUT2D eigenvalue weighted by molar-refractivity contribution is 9.10. The number of anilines is 1. The number of methoxy groups -OCH3 is 1. The van der Waals surface area contributed by atoms with Gasteiger partial charge in [-0.2, -0.15) is 0 Å². The third kappa shape index (κ3) is 4.02. The first kappa shape index (κ1) is 19.0. The molecule has 2 rings (SSSR count). The second-order valence-corrected chi connectivity index (χ2v) is 6.11. The molecule has 0 aliphatic carbocycles. The van der Waals surface area contributed by atoms with Gasteiger partial charge >= 0.3 is 6.09 Å². The molecule has 0 aliphatic rings. The minimum atomic E-state index is -0.969. The van der Waals surface area contributed by atoms with Gasteiger partial charge in [0.2, 0.25) is 0 Å². The lowest BCUT2D eigenvalue weighted by Crippen LogP contribution is -2.14. The summed E-state index contributed by atoms with van der Waals surface area (Å²) in [6.45, 7) is -0.198. The van der Waals surface area contributed by atoms with Gasteiger partial charge < -0.3 is 20.9 Å². The second kappa shape index (κ2) is 7.71. The van der Waals surface area contributed by atoms with Gasteiger partial charge in [0.15, 0.2) is 5.78 Å². The van der Waals surface area contributed by atoms with Crippen LogP contribution in [0.3, 0.4) is 0 Å². The molecule has 0 aliphatic heterocycles. The molecule has 2 aromatic carbocycles. The van der Waals surface area contributed by atoms with Crippen molar-refractivity contribution in [3.8, 4) is 5.75 Å². The van der Waals surface area contributed by atoms with Gasteiger partial charge in [0.25, 0.3) is 0 Å². The Balaban J connectivity index is 2.56. The summed E-state index contributed by atoms with van der Waals surface area (Å²) in [4.78, 5) is 23.6. The highest BCUT2D eigenvalue weighted by atomic mass is 79.9. The first-order chi connectivity index (χ1) is 11.8. The van der Waals surface area contributed by atoms with Crippen LogP contribution in [0.5, 0.6) is 5.75 Å². The van der Waals surface area contributed by atoms with E-state index in [-0.39, 0.29) is 38.7 Å². The lowest BCUT2D eigenvalue weighted by atomic mass is 9.99. The van der Waals surface area contributed by atoms with Crippen LogP contribution in [-0.4, -0.2) is 19.0 Å². The molecule has 0 spiro atoms. The van der Waals surface area contributed by atoms with Gasteiger partial charge in [-0.25, -0.2) is 9.18 Å². The summed E-state index contributed by atoms with van der Waals surface area (Å²) in [5.74, 6) is -0.971. The summed E-state index contributed by atoms with van der Waals surface area (Å²) >= 11 is 9.25. The van der Waals surface area contributed by atoms with Crippen molar-refractivity contribution in [2.24, 2.45) is 5.73 Å². The van der Waals surface area contributed by atoms with E-state index in [4.69, 9.17) is 32.5 Å². The Hall–Kier alpha value is -2.32. The number of benzene rings is 2. The number of halogens is 3. The average Bonchev–Trinajstić information content (AvgIpc) is 2.54. The molecule has 9 heteroatoms. The number of ether oxygens (including phenoxy) is 2. The lowest BCUT2D eigenvalue weighted by molar-refractivity contribution is 0.103. The molecule has 0 radical (unpaired) electrons. The first-order valence-corrected chi connectivity index (χ1v) is 8.00. The Morgan fingerprint density at radius 2 is 2.00 bits per heavy atom. The second-order valence-electron chi connectivity index (χ2n) is 4.91. The Morgan fingerprint density at radius 1 is 1.32 bits per heavy atom. The van der Waals surface area contributed by atoms with Crippen molar-refractivity contribution in [2.45, 2.75) is 6.61 Å². The molecule has 25 heavy (non-hydrogen) atoms. The third-order valence-electron chi connectivity index (χ3n) is 3.30. The molecule has 0 fully saturated rings. The number of rotatable bonds is 5. The standard InChI is InChI=1S/C16H13BrClFN2O4/c1-24-15-7(6-25-16(21)23)4-11(20)12(13(15)17)14(22)9-5-8(19)2-3-10(9)18/h2-5H,6,20H2,1H3,(H2,21,23). The molecule has 0 heterocycles. The summed E-state index contributed by atoms with van der Waals surface area (Å²) in [6.07, 6.45) is -0.969. The number of carbonyl (C=O) groups excluding carboxylic acids is 2. The number of hydrogen-bond donors (Lipinski definition) is 2. The fourth-order valence-corrected chi connectivity index (χ4v) is 3.25. The summed E-state index contributed by atoms with van der Waals surface area (Å²) in [5, 5.41) is 0.0813. The van der Waals surface area contributed by atoms with Crippen LogP contribution in [-0.2, 0) is 11.3 Å². The number of nitrogens with two attached hydrogens (primary N) is 2. The van der Waals surface area contributed by atoms with Crippen LogP contribution in [0.1, 0.15) is 21.5 Å². The molecule has 1 amide bonds. The Labute approximate surface area is 156 Å². The van der Waals surface area contributed by atoms with E-state index in [0.29, 0.717) is 5.56 Å². The predicted molar refractivity (Wildman–Crippen MR) is 94.3 cm³/mol. The molecular weight excluding hydrogens is 419 g/mol. The van der Waals surface area contributed by atoms with Crippen LogP contribution in [0.25, 0.3) is 0 Å². The molecule has 6 nitrogen and oxygen atoms in total. The van der Waals surface area contributed by atoms with Crippen LogP contribution < -0.4 is 16.2 Å². The summed E-state index contributed by atoms with van der Waals surface area (Å²) < 4.78 is 23.7. The topological polar surface area (TPSA) is 105 Å². The van der Waals surface area contributed by atoms with Crippen molar-refractivity contribution in [3.05, 3.63) is 56.3 Å². The first-order valence-electron chi connectivity index (χ1n) is 6.83. The zero-order valence-electron chi connectivity index (χ0n) is 12.9. The van der Waals surface area contributed by atoms with E-state index in [1.54, 1.807) is 0 Å². The highest BCUT2D eigenvalue weighted by Crippen LogP contribution is 2.38. The summed E-state index contributed by atoms with van der Waals surface area (Å²) in [5.41, 5.74) is 11.4. The monoisotopic (exact) mass is 430 g/mol. The maximum atomic E-state index is 13.5. The van der Waals surface area contributed by atoms with Crippen LogP contribution in [0.2, 0.25) is 5.02 Å². The van der Waals surface area contributed by atoms with E-state index in [2.05, 4.69) is 15.9 Å². The molecule has 4 N–H and O–H groups in total. The van der Waals surface area contributed by atoms with E-state index in [1.807, 2.05) is 0 Å². The van der Waals surface area contributed by atoms with Gasteiger partial charge in [0.1, 0.15) is 18.2 Å². The lowest BCUT2D eigenvalue weighted by Gasteiger charge is -2.16. The molecule has 2 aromatic rings. The number of primary amides is 1. The third-order valence-corrected chi connectivity index (χ3v) is 4.39. The van der Waals surface area contributed by atoms with Gasteiger partial charge in [-0.05, 0) is 40.2 Å². The Kier molecular flexibility index (Phi) is 5.86. The van der Waals surface area contributed by atoms with Crippen molar-refractivity contribution >= 4 is 45.1 Å². The van der Waals surface area contributed by atoms with Crippen molar-refractivity contribution in [1.29, 1.82) is 0 Å². The van der Waals surface area contributed by atoms with E-state index in [9.17, 15) is 14.0 Å². The smallest absolute Gasteiger partial charge is 0.404 e. The number of ketones is 1. The molecule has 0 atom stereocenters. The van der Waals surface area contributed by atoms with Gasteiger partial charge in [0, 0.05) is 16.8 Å². The van der Waals surface area contributed by atoms with Crippen molar-refractivity contribution in [3.63, 3.8) is 0 Å². The van der Waals surface area contributed by atoms with Gasteiger partial charge in [-0.15, -0.1) is 0 Å². The predicted octanol–water partition coefficient (Wildman–Crippen LogP) is 3.66.